The van der Waals surface area contributed by atoms with Gasteiger partial charge in [0.15, 0.2) is 0 Å². The van der Waals surface area contributed by atoms with Crippen LogP contribution < -0.4 is 10.2 Å². The second-order valence-corrected chi connectivity index (χ2v) is 6.16. The SMILES string of the molecule is CC(CNC1CCCC1)N1CCCc2ccccc21. The van der Waals surface area contributed by atoms with E-state index in [1.165, 1.54) is 56.3 Å². The van der Waals surface area contributed by atoms with E-state index in [0.717, 1.165) is 12.6 Å². The molecule has 1 fully saturated rings. The molecule has 1 aromatic carbocycles. The van der Waals surface area contributed by atoms with Gasteiger partial charge in [-0.05, 0) is 44.2 Å². The van der Waals surface area contributed by atoms with Gasteiger partial charge in [-0.2, -0.15) is 0 Å². The van der Waals surface area contributed by atoms with Gasteiger partial charge in [0, 0.05) is 30.9 Å². The Balaban J connectivity index is 1.62. The van der Waals surface area contributed by atoms with Gasteiger partial charge in [0.2, 0.25) is 0 Å². The van der Waals surface area contributed by atoms with Crippen LogP contribution in [0.5, 0.6) is 0 Å². The number of anilines is 1. The molecule has 1 atom stereocenters. The Morgan fingerprint density at radius 3 is 2.84 bits per heavy atom. The number of nitrogens with one attached hydrogen (secondary N) is 1. The number of nitrogens with zero attached hydrogens (tertiary/aromatic N) is 1. The predicted octanol–water partition coefficient (Wildman–Crippen LogP) is 3.36. The Morgan fingerprint density at radius 2 is 2.00 bits per heavy atom. The van der Waals surface area contributed by atoms with Crippen LogP contribution in [0.2, 0.25) is 0 Å². The quantitative estimate of drug-likeness (QED) is 0.891. The number of rotatable bonds is 4. The summed E-state index contributed by atoms with van der Waals surface area (Å²) >= 11 is 0. The molecule has 19 heavy (non-hydrogen) atoms. The van der Waals surface area contributed by atoms with Gasteiger partial charge in [0.05, 0.1) is 0 Å². The van der Waals surface area contributed by atoms with E-state index in [9.17, 15) is 0 Å². The Hall–Kier alpha value is -1.02. The summed E-state index contributed by atoms with van der Waals surface area (Å²) in [4.78, 5) is 2.60. The molecule has 0 spiro atoms. The first kappa shape index (κ1) is 13.0. The first-order chi connectivity index (χ1) is 9.34. The average Bonchev–Trinajstić information content (AvgIpc) is 2.97. The van der Waals surface area contributed by atoms with E-state index in [-0.39, 0.29) is 0 Å². The van der Waals surface area contributed by atoms with Crippen LogP contribution in [-0.4, -0.2) is 25.2 Å². The normalized spacial score (nSPS) is 21.4. The lowest BCUT2D eigenvalue weighted by Gasteiger charge is -2.37. The first-order valence-corrected chi connectivity index (χ1v) is 7.92. The van der Waals surface area contributed by atoms with E-state index in [1.807, 2.05) is 0 Å². The molecule has 1 aromatic rings. The van der Waals surface area contributed by atoms with Gasteiger partial charge in [-0.1, -0.05) is 31.0 Å². The minimum absolute atomic E-state index is 0.599. The number of hydrogen-bond acceptors (Lipinski definition) is 2. The summed E-state index contributed by atoms with van der Waals surface area (Å²) in [6.07, 6.45) is 8.13. The number of para-hydroxylation sites is 1. The molecule has 1 unspecified atom stereocenters. The second kappa shape index (κ2) is 5.96. The molecule has 0 aromatic heterocycles. The number of fused-ring (bicyclic) bond motifs is 1. The van der Waals surface area contributed by atoms with Gasteiger partial charge in [-0.25, -0.2) is 0 Å². The molecule has 1 aliphatic carbocycles. The third-order valence-electron chi connectivity index (χ3n) is 4.74. The van der Waals surface area contributed by atoms with Crippen LogP contribution in [0, 0.1) is 0 Å². The molecule has 0 amide bonds. The summed E-state index contributed by atoms with van der Waals surface area (Å²) in [5, 5.41) is 3.77. The van der Waals surface area contributed by atoms with E-state index in [1.54, 1.807) is 0 Å². The Morgan fingerprint density at radius 1 is 1.21 bits per heavy atom. The summed E-state index contributed by atoms with van der Waals surface area (Å²) < 4.78 is 0. The largest absolute Gasteiger partial charge is 0.367 e. The van der Waals surface area contributed by atoms with Crippen LogP contribution >= 0.6 is 0 Å². The van der Waals surface area contributed by atoms with Crippen molar-refractivity contribution in [3.63, 3.8) is 0 Å². The lowest BCUT2D eigenvalue weighted by molar-refractivity contribution is 0.474. The summed E-state index contributed by atoms with van der Waals surface area (Å²) in [6, 6.07) is 10.3. The van der Waals surface area contributed by atoms with Crippen LogP contribution in [0.1, 0.15) is 44.6 Å². The van der Waals surface area contributed by atoms with E-state index < -0.39 is 0 Å². The zero-order valence-corrected chi connectivity index (χ0v) is 12.1. The van der Waals surface area contributed by atoms with E-state index in [4.69, 9.17) is 0 Å². The highest BCUT2D eigenvalue weighted by Crippen LogP contribution is 2.28. The fourth-order valence-corrected chi connectivity index (χ4v) is 3.60. The Labute approximate surface area is 117 Å². The molecular weight excluding hydrogens is 232 g/mol. The first-order valence-electron chi connectivity index (χ1n) is 7.92. The zero-order valence-electron chi connectivity index (χ0n) is 12.1. The number of hydrogen-bond donors (Lipinski definition) is 1. The van der Waals surface area contributed by atoms with Gasteiger partial charge in [-0.15, -0.1) is 0 Å². The van der Waals surface area contributed by atoms with Crippen LogP contribution in [0.15, 0.2) is 24.3 Å². The lowest BCUT2D eigenvalue weighted by atomic mass is 10.0. The third-order valence-corrected chi connectivity index (χ3v) is 4.74. The van der Waals surface area contributed by atoms with Crippen molar-refractivity contribution in [1.82, 2.24) is 5.32 Å². The predicted molar refractivity (Wildman–Crippen MR) is 81.8 cm³/mol. The molecule has 2 aliphatic rings. The summed E-state index contributed by atoms with van der Waals surface area (Å²) in [7, 11) is 0. The van der Waals surface area contributed by atoms with Crippen molar-refractivity contribution in [3.05, 3.63) is 29.8 Å². The average molecular weight is 258 g/mol. The monoisotopic (exact) mass is 258 g/mol. The molecule has 1 saturated carbocycles. The summed E-state index contributed by atoms with van der Waals surface area (Å²) in [5.74, 6) is 0. The molecule has 2 nitrogen and oxygen atoms in total. The zero-order chi connectivity index (χ0) is 13.1. The molecule has 0 radical (unpaired) electrons. The highest BCUT2D eigenvalue weighted by atomic mass is 15.2. The van der Waals surface area contributed by atoms with Crippen molar-refractivity contribution in [2.75, 3.05) is 18.0 Å². The maximum atomic E-state index is 3.77. The smallest absolute Gasteiger partial charge is 0.0401 e. The topological polar surface area (TPSA) is 15.3 Å². The van der Waals surface area contributed by atoms with Crippen LogP contribution in [-0.2, 0) is 6.42 Å². The van der Waals surface area contributed by atoms with Gasteiger partial charge in [0.1, 0.15) is 0 Å². The van der Waals surface area contributed by atoms with Gasteiger partial charge in [0.25, 0.3) is 0 Å². The van der Waals surface area contributed by atoms with Crippen molar-refractivity contribution >= 4 is 5.69 Å². The summed E-state index contributed by atoms with van der Waals surface area (Å²) in [5.41, 5.74) is 3.00. The molecule has 3 rings (SSSR count). The molecule has 1 N–H and O–H groups in total. The van der Waals surface area contributed by atoms with Crippen LogP contribution in [0.3, 0.4) is 0 Å². The van der Waals surface area contributed by atoms with Crippen molar-refractivity contribution < 1.29 is 0 Å². The highest BCUT2D eigenvalue weighted by molar-refractivity contribution is 5.56. The molecule has 104 valence electrons. The Kier molecular flexibility index (Phi) is 4.07. The molecule has 1 heterocycles. The molecule has 2 heteroatoms. The van der Waals surface area contributed by atoms with Crippen molar-refractivity contribution in [2.24, 2.45) is 0 Å². The molecule has 0 bridgehead atoms. The van der Waals surface area contributed by atoms with Crippen LogP contribution in [0.25, 0.3) is 0 Å². The fraction of sp³-hybridized carbons (Fsp3) is 0.647. The maximum Gasteiger partial charge on any atom is 0.0401 e. The standard InChI is InChI=1S/C17H26N2/c1-14(13-18-16-9-3-4-10-16)19-12-6-8-15-7-2-5-11-17(15)19/h2,5,7,11,14,16,18H,3-4,6,8-10,12-13H2,1H3. The highest BCUT2D eigenvalue weighted by Gasteiger charge is 2.22. The lowest BCUT2D eigenvalue weighted by Crippen LogP contribution is -2.45. The maximum absolute atomic E-state index is 3.77. The second-order valence-electron chi connectivity index (χ2n) is 6.16. The minimum Gasteiger partial charge on any atom is -0.367 e. The number of aryl methyl sites for hydroxylation is 1. The third kappa shape index (κ3) is 2.94. The van der Waals surface area contributed by atoms with E-state index in [0.29, 0.717) is 6.04 Å². The summed E-state index contributed by atoms with van der Waals surface area (Å²) in [6.45, 7) is 4.70. The van der Waals surface area contributed by atoms with E-state index >= 15 is 0 Å². The minimum atomic E-state index is 0.599. The van der Waals surface area contributed by atoms with Gasteiger partial charge >= 0.3 is 0 Å². The van der Waals surface area contributed by atoms with Gasteiger partial charge in [-0.3, -0.25) is 0 Å². The van der Waals surface area contributed by atoms with Crippen molar-refractivity contribution in [1.29, 1.82) is 0 Å². The van der Waals surface area contributed by atoms with E-state index in [2.05, 4.69) is 41.4 Å². The fourth-order valence-electron chi connectivity index (χ4n) is 3.60. The molecule has 1 aliphatic heterocycles. The molecular formula is C17H26N2. The van der Waals surface area contributed by atoms with Crippen molar-refractivity contribution in [3.8, 4) is 0 Å². The molecule has 0 saturated heterocycles. The van der Waals surface area contributed by atoms with Crippen LogP contribution in [0.4, 0.5) is 5.69 Å². The Bertz CT molecular complexity index is 409. The van der Waals surface area contributed by atoms with Crippen molar-refractivity contribution in [2.45, 2.75) is 57.5 Å². The number of benzene rings is 1. The van der Waals surface area contributed by atoms with Gasteiger partial charge < -0.3 is 10.2 Å².